The summed E-state index contributed by atoms with van der Waals surface area (Å²) in [6.45, 7) is 6.66. The van der Waals surface area contributed by atoms with Crippen LogP contribution < -0.4 is 4.90 Å². The summed E-state index contributed by atoms with van der Waals surface area (Å²) < 4.78 is 0. The Balaban J connectivity index is 2.57. The Morgan fingerprint density at radius 1 is 1.19 bits per heavy atom. The highest BCUT2D eigenvalue weighted by Crippen LogP contribution is 2.35. The van der Waals surface area contributed by atoms with E-state index in [4.69, 9.17) is 0 Å². The van der Waals surface area contributed by atoms with Gasteiger partial charge in [0.05, 0.1) is 0 Å². The van der Waals surface area contributed by atoms with Crippen LogP contribution in [0.1, 0.15) is 38.3 Å². The van der Waals surface area contributed by atoms with Crippen LogP contribution in [-0.2, 0) is 16.6 Å². The maximum atomic E-state index is 11.6. The Bertz CT molecular complexity index is 429. The maximum absolute atomic E-state index is 11.6. The largest absolute Gasteiger partial charge is 0.315 e. The lowest BCUT2D eigenvalue weighted by Crippen LogP contribution is -2.32. The molecule has 0 unspecified atom stereocenters. The second-order valence-corrected chi connectivity index (χ2v) is 5.51. The predicted octanol–water partition coefficient (Wildman–Crippen LogP) is 2.89. The minimum absolute atomic E-state index is 0.145. The van der Waals surface area contributed by atoms with Gasteiger partial charge in [0.1, 0.15) is 0 Å². The summed E-state index contributed by atoms with van der Waals surface area (Å²) in [7, 11) is 1.87. The van der Waals surface area contributed by atoms with E-state index in [0.717, 1.165) is 12.1 Å². The van der Waals surface area contributed by atoms with E-state index in [-0.39, 0.29) is 11.3 Å². The smallest absolute Gasteiger partial charge is 0.227 e. The average molecular weight is 217 g/mol. The summed E-state index contributed by atoms with van der Waals surface area (Å²) >= 11 is 0. The van der Waals surface area contributed by atoms with Crippen LogP contribution in [0.4, 0.5) is 5.69 Å². The monoisotopic (exact) mass is 217 g/mol. The highest BCUT2D eigenvalue weighted by Gasteiger charge is 2.26. The first-order valence-electron chi connectivity index (χ1n) is 5.80. The average Bonchev–Trinajstić information content (AvgIpc) is 2.21. The Labute approximate surface area is 97.3 Å². The standard InChI is InChI=1S/C14H19NO/c1-14(2,3)11-6-5-7-12-10(11)8-9-13(16)15(12)4/h5-7H,8-9H2,1-4H3. The van der Waals surface area contributed by atoms with E-state index >= 15 is 0 Å². The van der Waals surface area contributed by atoms with E-state index in [2.05, 4.69) is 32.9 Å². The number of benzene rings is 1. The van der Waals surface area contributed by atoms with Gasteiger partial charge in [-0.3, -0.25) is 4.79 Å². The molecule has 2 heteroatoms. The van der Waals surface area contributed by atoms with Crippen molar-refractivity contribution in [2.24, 2.45) is 0 Å². The van der Waals surface area contributed by atoms with Crippen LogP contribution in [0.25, 0.3) is 0 Å². The SMILES string of the molecule is CN1C(=O)CCc2c1cccc2C(C)(C)C. The molecule has 0 saturated carbocycles. The summed E-state index contributed by atoms with van der Waals surface area (Å²) in [5, 5.41) is 0. The van der Waals surface area contributed by atoms with Crippen LogP contribution in [0, 0.1) is 0 Å². The summed E-state index contributed by atoms with van der Waals surface area (Å²) in [6.07, 6.45) is 1.52. The lowest BCUT2D eigenvalue weighted by molar-refractivity contribution is -0.118. The van der Waals surface area contributed by atoms with E-state index in [9.17, 15) is 4.79 Å². The van der Waals surface area contributed by atoms with Crippen LogP contribution in [-0.4, -0.2) is 13.0 Å². The molecule has 0 aromatic heterocycles. The summed E-state index contributed by atoms with van der Waals surface area (Å²) in [6, 6.07) is 6.28. The quantitative estimate of drug-likeness (QED) is 0.654. The molecule has 0 bridgehead atoms. The van der Waals surface area contributed by atoms with Crippen molar-refractivity contribution in [1.82, 2.24) is 0 Å². The van der Waals surface area contributed by atoms with Gasteiger partial charge in [0.25, 0.3) is 0 Å². The number of anilines is 1. The normalized spacial score (nSPS) is 16.2. The Hall–Kier alpha value is -1.31. The fraction of sp³-hybridized carbons (Fsp3) is 0.500. The molecule has 1 amide bonds. The number of fused-ring (bicyclic) bond motifs is 1. The molecular formula is C14H19NO. The number of amides is 1. The second kappa shape index (κ2) is 3.62. The molecule has 2 rings (SSSR count). The molecule has 0 N–H and O–H groups in total. The maximum Gasteiger partial charge on any atom is 0.227 e. The van der Waals surface area contributed by atoms with Crippen molar-refractivity contribution in [3.8, 4) is 0 Å². The van der Waals surface area contributed by atoms with E-state index in [1.807, 2.05) is 13.1 Å². The number of hydrogen-bond acceptors (Lipinski definition) is 1. The van der Waals surface area contributed by atoms with Crippen molar-refractivity contribution in [3.05, 3.63) is 29.3 Å². The first-order chi connectivity index (χ1) is 7.41. The minimum atomic E-state index is 0.145. The third-order valence-corrected chi connectivity index (χ3v) is 3.28. The number of nitrogens with zero attached hydrogens (tertiary/aromatic N) is 1. The Morgan fingerprint density at radius 2 is 1.88 bits per heavy atom. The molecule has 0 saturated heterocycles. The molecule has 1 aliphatic rings. The lowest BCUT2D eigenvalue weighted by Gasteiger charge is -2.31. The number of carbonyl (C=O) groups is 1. The second-order valence-electron chi connectivity index (χ2n) is 5.51. The first kappa shape index (κ1) is 11.2. The fourth-order valence-corrected chi connectivity index (χ4v) is 2.39. The van der Waals surface area contributed by atoms with Gasteiger partial charge in [-0.25, -0.2) is 0 Å². The summed E-state index contributed by atoms with van der Waals surface area (Å²) in [5.74, 6) is 0.221. The van der Waals surface area contributed by atoms with Crippen molar-refractivity contribution in [2.75, 3.05) is 11.9 Å². The van der Waals surface area contributed by atoms with Gasteiger partial charge in [-0.2, -0.15) is 0 Å². The van der Waals surface area contributed by atoms with Crippen LogP contribution in [0.5, 0.6) is 0 Å². The Morgan fingerprint density at radius 3 is 2.50 bits per heavy atom. The van der Waals surface area contributed by atoms with E-state index in [0.29, 0.717) is 6.42 Å². The minimum Gasteiger partial charge on any atom is -0.315 e. The molecule has 0 atom stereocenters. The predicted molar refractivity (Wildman–Crippen MR) is 66.9 cm³/mol. The molecule has 0 fully saturated rings. The number of rotatable bonds is 0. The molecule has 2 nitrogen and oxygen atoms in total. The summed E-state index contributed by atoms with van der Waals surface area (Å²) in [5.41, 5.74) is 3.94. The molecule has 0 radical (unpaired) electrons. The first-order valence-corrected chi connectivity index (χ1v) is 5.80. The van der Waals surface area contributed by atoms with Crippen LogP contribution >= 0.6 is 0 Å². The fourth-order valence-electron chi connectivity index (χ4n) is 2.39. The van der Waals surface area contributed by atoms with Gasteiger partial charge in [0.2, 0.25) is 5.91 Å². The third-order valence-electron chi connectivity index (χ3n) is 3.28. The van der Waals surface area contributed by atoms with Crippen LogP contribution in [0.2, 0.25) is 0 Å². The Kier molecular flexibility index (Phi) is 2.53. The van der Waals surface area contributed by atoms with E-state index in [1.54, 1.807) is 4.90 Å². The zero-order valence-corrected chi connectivity index (χ0v) is 10.5. The molecule has 1 aromatic rings. The van der Waals surface area contributed by atoms with Gasteiger partial charge in [0, 0.05) is 19.2 Å². The van der Waals surface area contributed by atoms with Crippen LogP contribution in [0.3, 0.4) is 0 Å². The van der Waals surface area contributed by atoms with Crippen molar-refractivity contribution in [1.29, 1.82) is 0 Å². The van der Waals surface area contributed by atoms with Crippen molar-refractivity contribution >= 4 is 11.6 Å². The van der Waals surface area contributed by atoms with Gasteiger partial charge in [-0.1, -0.05) is 32.9 Å². The highest BCUT2D eigenvalue weighted by atomic mass is 16.2. The van der Waals surface area contributed by atoms with Crippen LogP contribution in [0.15, 0.2) is 18.2 Å². The lowest BCUT2D eigenvalue weighted by atomic mass is 9.81. The van der Waals surface area contributed by atoms with Crippen molar-refractivity contribution in [3.63, 3.8) is 0 Å². The molecule has 1 heterocycles. The van der Waals surface area contributed by atoms with Gasteiger partial charge in [-0.15, -0.1) is 0 Å². The van der Waals surface area contributed by atoms with E-state index < -0.39 is 0 Å². The molecule has 0 spiro atoms. The summed E-state index contributed by atoms with van der Waals surface area (Å²) in [4.78, 5) is 13.4. The van der Waals surface area contributed by atoms with Gasteiger partial charge >= 0.3 is 0 Å². The number of carbonyl (C=O) groups excluding carboxylic acids is 1. The van der Waals surface area contributed by atoms with E-state index in [1.165, 1.54) is 11.1 Å². The molecule has 1 aromatic carbocycles. The van der Waals surface area contributed by atoms with Gasteiger partial charge < -0.3 is 4.90 Å². The van der Waals surface area contributed by atoms with Crippen molar-refractivity contribution < 1.29 is 4.79 Å². The van der Waals surface area contributed by atoms with Gasteiger partial charge in [0.15, 0.2) is 0 Å². The molecule has 1 aliphatic heterocycles. The van der Waals surface area contributed by atoms with Gasteiger partial charge in [-0.05, 0) is 29.0 Å². The topological polar surface area (TPSA) is 20.3 Å². The molecule has 86 valence electrons. The van der Waals surface area contributed by atoms with Crippen molar-refractivity contribution in [2.45, 2.75) is 39.0 Å². The molecular weight excluding hydrogens is 198 g/mol. The molecule has 16 heavy (non-hydrogen) atoms. The zero-order chi connectivity index (χ0) is 11.9. The third kappa shape index (κ3) is 1.73. The number of hydrogen-bond donors (Lipinski definition) is 0. The highest BCUT2D eigenvalue weighted by molar-refractivity contribution is 5.96. The zero-order valence-electron chi connectivity index (χ0n) is 10.5. The molecule has 0 aliphatic carbocycles.